The van der Waals surface area contributed by atoms with Gasteiger partial charge >= 0.3 is 5.97 Å². The zero-order chi connectivity index (χ0) is 15.4. The molecule has 0 heterocycles. The number of ether oxygens (including phenoxy) is 2. The van der Waals surface area contributed by atoms with Gasteiger partial charge in [-0.2, -0.15) is 0 Å². The average molecular weight is 310 g/mol. The van der Waals surface area contributed by atoms with Crippen LogP contribution < -0.4 is 10.5 Å². The van der Waals surface area contributed by atoms with Gasteiger partial charge in [-0.25, -0.2) is 9.18 Å². The number of carbonyl (C=O) groups is 1. The van der Waals surface area contributed by atoms with E-state index in [4.69, 9.17) is 26.8 Å². The van der Waals surface area contributed by atoms with Crippen LogP contribution >= 0.6 is 11.6 Å². The van der Waals surface area contributed by atoms with Crippen LogP contribution in [0.1, 0.15) is 15.9 Å². The van der Waals surface area contributed by atoms with E-state index in [1.165, 1.54) is 19.2 Å². The van der Waals surface area contributed by atoms with E-state index in [2.05, 4.69) is 0 Å². The van der Waals surface area contributed by atoms with Gasteiger partial charge in [-0.15, -0.1) is 0 Å². The standard InChI is InChI=1S/C15H13ClFNO3/c1-20-12-7-3-6-11(18)13(12)15(19)21-8-9-4-2-5-10(16)14(9)17/h2-7H,8,18H2,1H3. The third-order valence-electron chi connectivity index (χ3n) is 2.87. The lowest BCUT2D eigenvalue weighted by atomic mass is 10.1. The number of hydrogen-bond donors (Lipinski definition) is 1. The number of benzene rings is 2. The monoisotopic (exact) mass is 309 g/mol. The largest absolute Gasteiger partial charge is 0.496 e. The molecule has 0 aromatic heterocycles. The number of halogens is 2. The summed E-state index contributed by atoms with van der Waals surface area (Å²) < 4.78 is 23.8. The molecule has 0 bridgehead atoms. The van der Waals surface area contributed by atoms with Gasteiger partial charge in [0, 0.05) is 11.3 Å². The molecule has 2 N–H and O–H groups in total. The molecule has 0 atom stereocenters. The first-order chi connectivity index (χ1) is 10.0. The van der Waals surface area contributed by atoms with Crippen molar-refractivity contribution in [3.63, 3.8) is 0 Å². The second-order valence-corrected chi connectivity index (χ2v) is 4.62. The first-order valence-corrected chi connectivity index (χ1v) is 6.45. The smallest absolute Gasteiger partial charge is 0.344 e. The second-order valence-electron chi connectivity index (χ2n) is 4.21. The minimum Gasteiger partial charge on any atom is -0.496 e. The Labute approximate surface area is 126 Å². The van der Waals surface area contributed by atoms with Crippen molar-refractivity contribution >= 4 is 23.3 Å². The maximum absolute atomic E-state index is 13.7. The van der Waals surface area contributed by atoms with Crippen molar-refractivity contribution in [2.75, 3.05) is 12.8 Å². The highest BCUT2D eigenvalue weighted by Crippen LogP contribution is 2.26. The molecule has 0 saturated carbocycles. The third kappa shape index (κ3) is 3.25. The lowest BCUT2D eigenvalue weighted by Crippen LogP contribution is -2.10. The summed E-state index contributed by atoms with van der Waals surface area (Å²) >= 11 is 5.66. The van der Waals surface area contributed by atoms with Crippen molar-refractivity contribution in [2.24, 2.45) is 0 Å². The summed E-state index contributed by atoms with van der Waals surface area (Å²) in [6.07, 6.45) is 0. The molecule has 0 spiro atoms. The van der Waals surface area contributed by atoms with Crippen LogP contribution in [0.2, 0.25) is 5.02 Å². The Balaban J connectivity index is 2.18. The van der Waals surface area contributed by atoms with Crippen LogP contribution in [0.4, 0.5) is 10.1 Å². The number of nitrogens with two attached hydrogens (primary N) is 1. The number of carbonyl (C=O) groups excluding carboxylic acids is 1. The quantitative estimate of drug-likeness (QED) is 0.694. The van der Waals surface area contributed by atoms with Gasteiger partial charge in [0.05, 0.1) is 12.1 Å². The predicted octanol–water partition coefficient (Wildman–Crippen LogP) is 3.43. The van der Waals surface area contributed by atoms with Crippen LogP contribution in [0.25, 0.3) is 0 Å². The molecule has 2 rings (SSSR count). The van der Waals surface area contributed by atoms with Gasteiger partial charge < -0.3 is 15.2 Å². The van der Waals surface area contributed by atoms with Crippen molar-refractivity contribution in [2.45, 2.75) is 6.61 Å². The first-order valence-electron chi connectivity index (χ1n) is 6.07. The minimum atomic E-state index is -0.690. The lowest BCUT2D eigenvalue weighted by Gasteiger charge is -2.11. The summed E-state index contributed by atoms with van der Waals surface area (Å²) in [7, 11) is 1.42. The Kier molecular flexibility index (Phi) is 4.65. The SMILES string of the molecule is COc1cccc(N)c1C(=O)OCc1cccc(Cl)c1F. The molecule has 0 amide bonds. The molecule has 2 aromatic rings. The Hall–Kier alpha value is -2.27. The topological polar surface area (TPSA) is 61.5 Å². The van der Waals surface area contributed by atoms with Crippen LogP contribution in [-0.2, 0) is 11.3 Å². The molecule has 110 valence electrons. The molecule has 0 aliphatic rings. The Morgan fingerprint density at radius 1 is 1.29 bits per heavy atom. The van der Waals surface area contributed by atoms with Crippen molar-refractivity contribution in [1.82, 2.24) is 0 Å². The molecule has 21 heavy (non-hydrogen) atoms. The highest BCUT2D eigenvalue weighted by molar-refractivity contribution is 6.30. The maximum Gasteiger partial charge on any atom is 0.344 e. The van der Waals surface area contributed by atoms with Crippen LogP contribution in [0.5, 0.6) is 5.75 Å². The highest BCUT2D eigenvalue weighted by Gasteiger charge is 2.18. The van der Waals surface area contributed by atoms with E-state index in [1.54, 1.807) is 24.3 Å². The highest BCUT2D eigenvalue weighted by atomic mass is 35.5. The zero-order valence-corrected chi connectivity index (χ0v) is 12.0. The number of hydrogen-bond acceptors (Lipinski definition) is 4. The first kappa shape index (κ1) is 15.1. The summed E-state index contributed by atoms with van der Waals surface area (Å²) in [6, 6.07) is 9.28. The van der Waals surface area contributed by atoms with Gasteiger partial charge in [0.2, 0.25) is 0 Å². The second kappa shape index (κ2) is 6.45. The molecule has 6 heteroatoms. The van der Waals surface area contributed by atoms with Gasteiger partial charge in [0.15, 0.2) is 0 Å². The lowest BCUT2D eigenvalue weighted by molar-refractivity contribution is 0.0466. The average Bonchev–Trinajstić information content (AvgIpc) is 2.48. The fourth-order valence-corrected chi connectivity index (χ4v) is 2.01. The van der Waals surface area contributed by atoms with Gasteiger partial charge in [-0.3, -0.25) is 0 Å². The summed E-state index contributed by atoms with van der Waals surface area (Å²) in [5, 5.41) is -0.0274. The van der Waals surface area contributed by atoms with Crippen molar-refractivity contribution in [3.8, 4) is 5.75 Å². The molecule has 0 fully saturated rings. The van der Waals surface area contributed by atoms with Gasteiger partial charge in [0.25, 0.3) is 0 Å². The molecule has 0 saturated heterocycles. The van der Waals surface area contributed by atoms with Crippen molar-refractivity contribution in [1.29, 1.82) is 0 Å². The Morgan fingerprint density at radius 2 is 2.00 bits per heavy atom. The van der Waals surface area contributed by atoms with E-state index in [0.717, 1.165) is 0 Å². The predicted molar refractivity (Wildman–Crippen MR) is 77.9 cm³/mol. The molecule has 4 nitrogen and oxygen atoms in total. The van der Waals surface area contributed by atoms with Crippen LogP contribution in [-0.4, -0.2) is 13.1 Å². The van der Waals surface area contributed by atoms with Crippen molar-refractivity contribution in [3.05, 3.63) is 58.4 Å². The van der Waals surface area contributed by atoms with E-state index in [9.17, 15) is 9.18 Å². The fraction of sp³-hybridized carbons (Fsp3) is 0.133. The normalized spacial score (nSPS) is 10.2. The molecule has 0 radical (unpaired) electrons. The molecule has 0 aliphatic heterocycles. The molecule has 2 aromatic carbocycles. The van der Waals surface area contributed by atoms with Crippen LogP contribution in [0.15, 0.2) is 36.4 Å². The van der Waals surface area contributed by atoms with Crippen LogP contribution in [0, 0.1) is 5.82 Å². The van der Waals surface area contributed by atoms with Crippen molar-refractivity contribution < 1.29 is 18.7 Å². The van der Waals surface area contributed by atoms with Crippen LogP contribution in [0.3, 0.4) is 0 Å². The Morgan fingerprint density at radius 3 is 2.71 bits per heavy atom. The Bertz CT molecular complexity index is 676. The fourth-order valence-electron chi connectivity index (χ4n) is 1.81. The summed E-state index contributed by atoms with van der Waals surface area (Å²) in [5.41, 5.74) is 6.27. The number of nitrogen functional groups attached to an aromatic ring is 1. The molecule has 0 unspecified atom stereocenters. The van der Waals surface area contributed by atoms with E-state index in [-0.39, 0.29) is 28.4 Å². The third-order valence-corrected chi connectivity index (χ3v) is 3.16. The van der Waals surface area contributed by atoms with E-state index in [1.807, 2.05) is 0 Å². The molecular formula is C15H13ClFNO3. The minimum absolute atomic E-state index is 0.0274. The summed E-state index contributed by atoms with van der Waals surface area (Å²) in [5.74, 6) is -1.00. The molecule has 0 aliphatic carbocycles. The number of anilines is 1. The van der Waals surface area contributed by atoms with E-state index in [0.29, 0.717) is 5.75 Å². The van der Waals surface area contributed by atoms with Gasteiger partial charge in [-0.05, 0) is 18.2 Å². The van der Waals surface area contributed by atoms with E-state index < -0.39 is 11.8 Å². The summed E-state index contributed by atoms with van der Waals surface area (Å²) in [6.45, 7) is -0.247. The molecular weight excluding hydrogens is 297 g/mol. The zero-order valence-electron chi connectivity index (χ0n) is 11.2. The number of methoxy groups -OCH3 is 1. The maximum atomic E-state index is 13.7. The van der Waals surface area contributed by atoms with E-state index >= 15 is 0 Å². The number of esters is 1. The van der Waals surface area contributed by atoms with Gasteiger partial charge in [0.1, 0.15) is 23.7 Å². The van der Waals surface area contributed by atoms with Gasteiger partial charge in [-0.1, -0.05) is 29.8 Å². The number of rotatable bonds is 4. The summed E-state index contributed by atoms with van der Waals surface area (Å²) in [4.78, 5) is 12.1.